The smallest absolute Gasteiger partial charge is 0.0813 e. The number of rotatable bonds is 2. The van der Waals surface area contributed by atoms with Gasteiger partial charge in [-0.05, 0) is 12.8 Å². The van der Waals surface area contributed by atoms with E-state index in [4.69, 9.17) is 0 Å². The van der Waals surface area contributed by atoms with E-state index in [0.717, 1.165) is 12.8 Å². The largest absolute Gasteiger partial charge is 0.117 e. The lowest BCUT2D eigenvalue weighted by atomic mass is 10.5. The first-order valence-electron chi connectivity index (χ1n) is 4.45. The Bertz CT molecular complexity index is 262. The summed E-state index contributed by atoms with van der Waals surface area (Å²) in [5.74, 6) is 0. The van der Waals surface area contributed by atoms with Crippen molar-refractivity contribution in [3.63, 3.8) is 0 Å². The lowest BCUT2D eigenvalue weighted by Crippen LogP contribution is -2.11. The third-order valence-electron chi connectivity index (χ3n) is 2.41. The first-order chi connectivity index (χ1) is 5.88. The van der Waals surface area contributed by atoms with Crippen LogP contribution >= 0.6 is 0 Å². The summed E-state index contributed by atoms with van der Waals surface area (Å²) in [6, 6.07) is 0. The van der Waals surface area contributed by atoms with Gasteiger partial charge < -0.3 is 0 Å². The van der Waals surface area contributed by atoms with Gasteiger partial charge in [-0.1, -0.05) is 53.4 Å². The van der Waals surface area contributed by atoms with Gasteiger partial charge in [0.2, 0.25) is 0 Å². The van der Waals surface area contributed by atoms with Crippen LogP contribution in [0.1, 0.15) is 12.8 Å². The summed E-state index contributed by atoms with van der Waals surface area (Å²) in [5.41, 5.74) is 0. The first-order valence-corrected chi connectivity index (χ1v) is 6.45. The van der Waals surface area contributed by atoms with E-state index in [0.29, 0.717) is 0 Å². The molecule has 61 valence electrons. The minimum Gasteiger partial charge on any atom is -0.0813 e. The van der Waals surface area contributed by atoms with E-state index in [2.05, 4.69) is 43.0 Å². The summed E-state index contributed by atoms with van der Waals surface area (Å²) in [4.78, 5) is 0. The Kier molecular flexibility index (Phi) is 2.13. The Hall–Kier alpha value is -0.823. The van der Waals surface area contributed by atoms with Crippen molar-refractivity contribution in [2.24, 2.45) is 0 Å². The lowest BCUT2D eigenvalue weighted by molar-refractivity contribution is 1.44. The molecule has 1 radical (unpaired) electrons. The molecule has 0 aromatic rings. The summed E-state index contributed by atoms with van der Waals surface area (Å²) in [6.07, 6.45) is 16.1. The van der Waals surface area contributed by atoms with E-state index in [-0.39, 0.29) is 0 Å². The Morgan fingerprint density at radius 1 is 1.00 bits per heavy atom. The highest BCUT2D eigenvalue weighted by Crippen LogP contribution is 2.21. The molecule has 12 heavy (non-hydrogen) atoms. The molecule has 2 aliphatic rings. The quantitative estimate of drug-likeness (QED) is 0.563. The molecule has 0 spiro atoms. The van der Waals surface area contributed by atoms with E-state index in [1.807, 2.05) is 0 Å². The topological polar surface area (TPSA) is 0 Å². The van der Waals surface area contributed by atoms with Crippen LogP contribution in [0.2, 0.25) is 6.55 Å². The van der Waals surface area contributed by atoms with Crippen LogP contribution < -0.4 is 0 Å². The van der Waals surface area contributed by atoms with Crippen LogP contribution in [0.5, 0.6) is 0 Å². The van der Waals surface area contributed by atoms with Gasteiger partial charge in [-0.2, -0.15) is 0 Å². The van der Waals surface area contributed by atoms with Crippen molar-refractivity contribution in [2.75, 3.05) is 0 Å². The Labute approximate surface area is 75.6 Å². The second kappa shape index (κ2) is 3.28. The van der Waals surface area contributed by atoms with Gasteiger partial charge in [-0.3, -0.25) is 0 Å². The molecule has 0 heterocycles. The summed E-state index contributed by atoms with van der Waals surface area (Å²) in [5, 5.41) is 3.16. The number of hydrogen-bond acceptors (Lipinski definition) is 0. The highest BCUT2D eigenvalue weighted by atomic mass is 28.3. The van der Waals surface area contributed by atoms with E-state index < -0.39 is 8.80 Å². The van der Waals surface area contributed by atoms with Gasteiger partial charge in [0.05, 0.1) is 0 Å². The van der Waals surface area contributed by atoms with Crippen molar-refractivity contribution in [2.45, 2.75) is 19.4 Å². The van der Waals surface area contributed by atoms with Gasteiger partial charge in [0.1, 0.15) is 8.80 Å². The molecule has 0 atom stereocenters. The molecule has 0 aliphatic heterocycles. The Balaban J connectivity index is 2.13. The normalized spacial score (nSPS) is 20.5. The van der Waals surface area contributed by atoms with Gasteiger partial charge in [0.15, 0.2) is 0 Å². The zero-order chi connectivity index (χ0) is 8.39. The SMILES string of the molecule is C[Si](C1=CCC=C1)C1=CCC=C1. The molecule has 0 N–H and O–H groups in total. The summed E-state index contributed by atoms with van der Waals surface area (Å²) in [6.45, 7) is 2.38. The monoisotopic (exact) mass is 173 g/mol. The molecule has 0 saturated heterocycles. The predicted octanol–water partition coefficient (Wildman–Crippen LogP) is 2.96. The van der Waals surface area contributed by atoms with Crippen LogP contribution in [-0.2, 0) is 0 Å². The molecular formula is C11H13Si. The second-order valence-corrected chi connectivity index (χ2v) is 5.62. The molecule has 0 aromatic heterocycles. The summed E-state index contributed by atoms with van der Waals surface area (Å²) in [7, 11) is -0.396. The molecule has 0 fully saturated rings. The van der Waals surface area contributed by atoms with Gasteiger partial charge >= 0.3 is 0 Å². The Morgan fingerprint density at radius 3 is 1.83 bits per heavy atom. The maximum atomic E-state index is 2.38. The van der Waals surface area contributed by atoms with Crippen molar-refractivity contribution in [3.05, 3.63) is 46.8 Å². The van der Waals surface area contributed by atoms with Crippen LogP contribution in [0.3, 0.4) is 0 Å². The minimum absolute atomic E-state index is 0.396. The summed E-state index contributed by atoms with van der Waals surface area (Å²) >= 11 is 0. The van der Waals surface area contributed by atoms with Crippen molar-refractivity contribution in [1.82, 2.24) is 0 Å². The zero-order valence-corrected chi connectivity index (χ0v) is 8.38. The molecule has 2 rings (SSSR count). The maximum absolute atomic E-state index is 2.38. The van der Waals surface area contributed by atoms with Gasteiger partial charge in [-0.15, -0.1) is 0 Å². The average molecular weight is 173 g/mol. The third kappa shape index (κ3) is 1.37. The molecule has 0 unspecified atom stereocenters. The third-order valence-corrected chi connectivity index (χ3v) is 4.88. The van der Waals surface area contributed by atoms with Crippen molar-refractivity contribution in [3.8, 4) is 0 Å². The fourth-order valence-corrected chi connectivity index (χ4v) is 3.56. The number of allylic oxidation sites excluding steroid dienone is 8. The average Bonchev–Trinajstić information content (AvgIpc) is 2.77. The lowest BCUT2D eigenvalue weighted by Gasteiger charge is -2.08. The predicted molar refractivity (Wildman–Crippen MR) is 55.3 cm³/mol. The molecule has 0 amide bonds. The molecule has 1 heteroatoms. The standard InChI is InChI=1S/C11H13Si/c1-12(10-6-2-3-7-10)11-8-4-5-9-11/h2,4,6-9H,3,5H2,1H3. The molecule has 0 aromatic carbocycles. The highest BCUT2D eigenvalue weighted by Gasteiger charge is 2.14. The van der Waals surface area contributed by atoms with Crippen LogP contribution in [-0.4, -0.2) is 8.80 Å². The molecular weight excluding hydrogens is 160 g/mol. The van der Waals surface area contributed by atoms with Crippen LogP contribution in [0.15, 0.2) is 46.8 Å². The van der Waals surface area contributed by atoms with Crippen molar-refractivity contribution >= 4 is 8.80 Å². The van der Waals surface area contributed by atoms with E-state index in [1.54, 1.807) is 10.4 Å². The van der Waals surface area contributed by atoms with E-state index >= 15 is 0 Å². The highest BCUT2D eigenvalue weighted by molar-refractivity contribution is 6.74. The zero-order valence-electron chi connectivity index (χ0n) is 7.38. The molecule has 0 saturated carbocycles. The van der Waals surface area contributed by atoms with Crippen LogP contribution in [0.4, 0.5) is 0 Å². The molecule has 2 aliphatic carbocycles. The van der Waals surface area contributed by atoms with Gasteiger partial charge in [0, 0.05) is 0 Å². The van der Waals surface area contributed by atoms with Crippen LogP contribution in [0, 0.1) is 0 Å². The van der Waals surface area contributed by atoms with Crippen molar-refractivity contribution < 1.29 is 0 Å². The van der Waals surface area contributed by atoms with Crippen molar-refractivity contribution in [1.29, 1.82) is 0 Å². The van der Waals surface area contributed by atoms with Gasteiger partial charge in [-0.25, -0.2) is 0 Å². The number of hydrogen-bond donors (Lipinski definition) is 0. The second-order valence-electron chi connectivity index (χ2n) is 3.22. The van der Waals surface area contributed by atoms with Crippen LogP contribution in [0.25, 0.3) is 0 Å². The first kappa shape index (κ1) is 7.81. The fourth-order valence-electron chi connectivity index (χ4n) is 1.64. The fraction of sp³-hybridized carbons (Fsp3) is 0.273. The molecule has 0 bridgehead atoms. The molecule has 0 nitrogen and oxygen atoms in total. The minimum atomic E-state index is -0.396. The van der Waals surface area contributed by atoms with E-state index in [9.17, 15) is 0 Å². The Morgan fingerprint density at radius 2 is 1.50 bits per heavy atom. The maximum Gasteiger partial charge on any atom is 0.117 e. The summed E-state index contributed by atoms with van der Waals surface area (Å²) < 4.78 is 0. The van der Waals surface area contributed by atoms with E-state index in [1.165, 1.54) is 0 Å². The van der Waals surface area contributed by atoms with Gasteiger partial charge in [0.25, 0.3) is 0 Å².